The van der Waals surface area contributed by atoms with Crippen molar-refractivity contribution in [3.05, 3.63) is 21.9 Å². The van der Waals surface area contributed by atoms with Gasteiger partial charge in [-0.1, -0.05) is 0 Å². The van der Waals surface area contributed by atoms with Gasteiger partial charge in [-0.05, 0) is 17.9 Å². The van der Waals surface area contributed by atoms with E-state index in [4.69, 9.17) is 4.74 Å². The minimum atomic E-state index is -1.05. The van der Waals surface area contributed by atoms with Gasteiger partial charge in [0, 0.05) is 23.4 Å². The third kappa shape index (κ3) is 1.02. The molecule has 2 nitrogen and oxygen atoms in total. The number of nitrogens with one attached hydrogen (secondary N) is 1. The Labute approximate surface area is 86.1 Å². The number of ether oxygens (including phenoxy) is 1. The molecule has 1 saturated heterocycles. The summed E-state index contributed by atoms with van der Waals surface area (Å²) in [5, 5.41) is 4.86. The van der Waals surface area contributed by atoms with Crippen molar-refractivity contribution in [1.82, 2.24) is 5.32 Å². The smallest absolute Gasteiger partial charge is 0.184 e. The van der Waals surface area contributed by atoms with Crippen molar-refractivity contribution >= 4 is 11.3 Å². The van der Waals surface area contributed by atoms with E-state index in [1.165, 1.54) is 4.88 Å². The van der Waals surface area contributed by atoms with Gasteiger partial charge in [-0.15, -0.1) is 11.3 Å². The van der Waals surface area contributed by atoms with E-state index in [2.05, 4.69) is 5.32 Å². The number of halogens is 1. The monoisotopic (exact) mass is 213 g/mol. The van der Waals surface area contributed by atoms with Crippen molar-refractivity contribution in [2.75, 3.05) is 13.2 Å². The predicted molar refractivity (Wildman–Crippen MR) is 53.2 cm³/mol. The molecule has 2 aliphatic rings. The summed E-state index contributed by atoms with van der Waals surface area (Å²) in [7, 11) is 0. The number of rotatable bonds is 0. The van der Waals surface area contributed by atoms with Gasteiger partial charge in [-0.25, -0.2) is 4.39 Å². The van der Waals surface area contributed by atoms with Crippen molar-refractivity contribution in [2.24, 2.45) is 0 Å². The molecule has 2 atom stereocenters. The number of hydrogen-bond acceptors (Lipinski definition) is 3. The van der Waals surface area contributed by atoms with E-state index < -0.39 is 11.9 Å². The van der Waals surface area contributed by atoms with Gasteiger partial charge in [0.25, 0.3) is 0 Å². The molecule has 2 aliphatic heterocycles. The highest BCUT2D eigenvalue weighted by Crippen LogP contribution is 2.43. The van der Waals surface area contributed by atoms with Crippen LogP contribution in [0.15, 0.2) is 11.4 Å². The highest BCUT2D eigenvalue weighted by Gasteiger charge is 2.49. The fourth-order valence-corrected chi connectivity index (χ4v) is 3.34. The Morgan fingerprint density at radius 1 is 1.64 bits per heavy atom. The van der Waals surface area contributed by atoms with Gasteiger partial charge in [0.15, 0.2) is 6.30 Å². The molecule has 0 aliphatic carbocycles. The van der Waals surface area contributed by atoms with Crippen LogP contribution in [0, 0.1) is 0 Å². The van der Waals surface area contributed by atoms with E-state index in [0.717, 1.165) is 18.4 Å². The Bertz CT molecular complexity index is 354. The van der Waals surface area contributed by atoms with Crippen LogP contribution in [0.5, 0.6) is 0 Å². The van der Waals surface area contributed by atoms with Crippen LogP contribution >= 0.6 is 11.3 Å². The van der Waals surface area contributed by atoms with Gasteiger partial charge >= 0.3 is 0 Å². The second-order valence-corrected chi connectivity index (χ2v) is 4.81. The first-order chi connectivity index (χ1) is 6.83. The maximum atomic E-state index is 13.8. The summed E-state index contributed by atoms with van der Waals surface area (Å²) in [6.45, 7) is 1.35. The summed E-state index contributed by atoms with van der Waals surface area (Å²) in [6, 6.07) is 2.01. The van der Waals surface area contributed by atoms with Gasteiger partial charge in [-0.3, -0.25) is 5.32 Å². The topological polar surface area (TPSA) is 21.3 Å². The van der Waals surface area contributed by atoms with Crippen LogP contribution in [-0.4, -0.2) is 19.4 Å². The van der Waals surface area contributed by atoms with Crippen LogP contribution in [0.3, 0.4) is 0 Å². The van der Waals surface area contributed by atoms with Crippen molar-refractivity contribution in [3.8, 4) is 0 Å². The molecule has 0 saturated carbocycles. The molecule has 0 amide bonds. The number of fused-ring (bicyclic) bond motifs is 2. The van der Waals surface area contributed by atoms with Crippen LogP contribution in [-0.2, 0) is 16.8 Å². The van der Waals surface area contributed by atoms with E-state index in [1.54, 1.807) is 11.3 Å². The SMILES string of the molecule is FC1NCCC12OCCc1sccc12. The molecule has 1 N–H and O–H groups in total. The average molecular weight is 213 g/mol. The van der Waals surface area contributed by atoms with Crippen molar-refractivity contribution in [2.45, 2.75) is 24.7 Å². The quantitative estimate of drug-likeness (QED) is 0.664. The summed E-state index contributed by atoms with van der Waals surface area (Å²) in [5.41, 5.74) is 0.402. The molecular weight excluding hydrogens is 201 g/mol. The molecule has 0 bridgehead atoms. The molecule has 1 aromatic heterocycles. The maximum absolute atomic E-state index is 13.8. The highest BCUT2D eigenvalue weighted by atomic mass is 32.1. The lowest BCUT2D eigenvalue weighted by molar-refractivity contribution is -0.0984. The lowest BCUT2D eigenvalue weighted by Crippen LogP contribution is -2.42. The van der Waals surface area contributed by atoms with Crippen molar-refractivity contribution < 1.29 is 9.13 Å². The summed E-state index contributed by atoms with van der Waals surface area (Å²) < 4.78 is 19.5. The van der Waals surface area contributed by atoms with Gasteiger partial charge in [0.05, 0.1) is 6.61 Å². The first kappa shape index (κ1) is 8.83. The minimum absolute atomic E-state index is 0.648. The number of thiophene rings is 1. The molecule has 3 heterocycles. The second-order valence-electron chi connectivity index (χ2n) is 3.81. The third-order valence-electron chi connectivity index (χ3n) is 3.12. The Morgan fingerprint density at radius 3 is 3.36 bits per heavy atom. The van der Waals surface area contributed by atoms with Crippen LogP contribution in [0.25, 0.3) is 0 Å². The molecule has 14 heavy (non-hydrogen) atoms. The molecule has 1 aromatic rings. The molecule has 3 rings (SSSR count). The zero-order chi connectivity index (χ0) is 9.60. The van der Waals surface area contributed by atoms with E-state index in [1.807, 2.05) is 11.4 Å². The molecule has 4 heteroatoms. The highest BCUT2D eigenvalue weighted by molar-refractivity contribution is 7.10. The second kappa shape index (κ2) is 3.02. The Balaban J connectivity index is 2.10. The lowest BCUT2D eigenvalue weighted by atomic mass is 9.89. The summed E-state index contributed by atoms with van der Waals surface area (Å²) in [6.07, 6.45) is 0.635. The summed E-state index contributed by atoms with van der Waals surface area (Å²) in [4.78, 5) is 1.29. The van der Waals surface area contributed by atoms with Gasteiger partial charge in [0.1, 0.15) is 5.60 Å². The Morgan fingerprint density at radius 2 is 2.57 bits per heavy atom. The fourth-order valence-electron chi connectivity index (χ4n) is 2.41. The van der Waals surface area contributed by atoms with Gasteiger partial charge in [-0.2, -0.15) is 0 Å². The fraction of sp³-hybridized carbons (Fsp3) is 0.600. The Hall–Kier alpha value is -0.450. The lowest BCUT2D eigenvalue weighted by Gasteiger charge is -2.35. The summed E-state index contributed by atoms with van der Waals surface area (Å²) in [5.74, 6) is 0. The van der Waals surface area contributed by atoms with Crippen molar-refractivity contribution in [1.29, 1.82) is 0 Å². The number of alkyl halides is 1. The van der Waals surface area contributed by atoms with E-state index in [-0.39, 0.29) is 0 Å². The average Bonchev–Trinajstić information content (AvgIpc) is 2.76. The molecule has 2 unspecified atom stereocenters. The van der Waals surface area contributed by atoms with Gasteiger partial charge < -0.3 is 4.74 Å². The third-order valence-corrected chi connectivity index (χ3v) is 4.10. The number of hydrogen-bond donors (Lipinski definition) is 1. The first-order valence-corrected chi connectivity index (χ1v) is 5.79. The van der Waals surface area contributed by atoms with Crippen LogP contribution in [0.1, 0.15) is 16.9 Å². The maximum Gasteiger partial charge on any atom is 0.184 e. The molecule has 76 valence electrons. The van der Waals surface area contributed by atoms with Gasteiger partial charge in [0.2, 0.25) is 0 Å². The molecule has 0 aromatic carbocycles. The first-order valence-electron chi connectivity index (χ1n) is 4.91. The molecular formula is C10H12FNOS. The van der Waals surface area contributed by atoms with E-state index >= 15 is 0 Å². The molecule has 0 radical (unpaired) electrons. The zero-order valence-corrected chi connectivity index (χ0v) is 8.57. The Kier molecular flexibility index (Phi) is 1.90. The largest absolute Gasteiger partial charge is 0.365 e. The predicted octanol–water partition coefficient (Wildman–Crippen LogP) is 1.81. The zero-order valence-electron chi connectivity index (χ0n) is 7.75. The normalized spacial score (nSPS) is 36.2. The standard InChI is InChI=1S/C10H12FNOS/c11-9-10(3-4-12-9)7-2-6-14-8(7)1-5-13-10/h2,6,9,12H,1,3-5H2. The van der Waals surface area contributed by atoms with Crippen LogP contribution < -0.4 is 5.32 Å². The molecule has 1 spiro atoms. The van der Waals surface area contributed by atoms with Crippen LogP contribution in [0.4, 0.5) is 4.39 Å². The van der Waals surface area contributed by atoms with Crippen molar-refractivity contribution in [3.63, 3.8) is 0 Å². The minimum Gasteiger partial charge on any atom is -0.365 e. The summed E-state index contributed by atoms with van der Waals surface area (Å²) >= 11 is 1.71. The van der Waals surface area contributed by atoms with Crippen LogP contribution in [0.2, 0.25) is 0 Å². The molecule has 1 fully saturated rings. The van der Waals surface area contributed by atoms with E-state index in [0.29, 0.717) is 13.2 Å². The van der Waals surface area contributed by atoms with E-state index in [9.17, 15) is 4.39 Å².